The van der Waals surface area contributed by atoms with E-state index in [2.05, 4.69) is 29.6 Å². The van der Waals surface area contributed by atoms with E-state index in [1.54, 1.807) is 41.6 Å². The number of benzene rings is 2. The van der Waals surface area contributed by atoms with Gasteiger partial charge >= 0.3 is 0 Å². The Morgan fingerprint density at radius 1 is 0.976 bits per heavy atom. The molecule has 6 rings (SSSR count). The van der Waals surface area contributed by atoms with Crippen molar-refractivity contribution in [2.45, 2.75) is 31.3 Å². The molecule has 11 nitrogen and oxygen atoms in total. The predicted octanol–water partition coefficient (Wildman–Crippen LogP) is 3.07. The number of carbonyl (C=O) groups is 1. The van der Waals surface area contributed by atoms with E-state index in [0.29, 0.717) is 37.7 Å². The molecule has 0 radical (unpaired) electrons. The predicted molar refractivity (Wildman–Crippen MR) is 152 cm³/mol. The van der Waals surface area contributed by atoms with Crippen LogP contribution < -0.4 is 9.46 Å². The summed E-state index contributed by atoms with van der Waals surface area (Å²) in [5.74, 6) is 0.525. The van der Waals surface area contributed by atoms with Crippen molar-refractivity contribution in [3.8, 4) is 17.1 Å². The Balaban J connectivity index is 1.41. The standard InChI is InChI=1S/C29H29N7O4S/c1-19-6-3-7-20(2)27(19)24-15-26-33-29(32-24)34-41(38,39)23-9-4-8-21(14-23)28(37)36-13-12-35(16-22(36)18-40-26)17-25-30-10-5-11-31-25/h3-11,14-15,22H,12-13,16-18H2,1-2H3,(H,32,33,34)/t22-/m1/s1. The van der Waals surface area contributed by atoms with Crippen molar-refractivity contribution in [2.75, 3.05) is 31.0 Å². The number of rotatable bonds is 3. The van der Waals surface area contributed by atoms with E-state index in [-0.39, 0.29) is 40.8 Å². The van der Waals surface area contributed by atoms with E-state index >= 15 is 0 Å². The average molecular weight is 572 g/mol. The van der Waals surface area contributed by atoms with Crippen molar-refractivity contribution in [2.24, 2.45) is 0 Å². The maximum absolute atomic E-state index is 13.7. The number of aryl methyl sites for hydroxylation is 2. The molecule has 2 aromatic heterocycles. The Kier molecular flexibility index (Phi) is 7.10. The first-order valence-corrected chi connectivity index (χ1v) is 14.8. The first kappa shape index (κ1) is 26.8. The second kappa shape index (κ2) is 10.9. The van der Waals surface area contributed by atoms with E-state index in [1.165, 1.54) is 12.1 Å². The number of ether oxygens (including phenoxy) is 1. The van der Waals surface area contributed by atoms with Gasteiger partial charge in [-0.15, -0.1) is 0 Å². The number of anilines is 1. The third kappa shape index (κ3) is 5.61. The summed E-state index contributed by atoms with van der Waals surface area (Å²) >= 11 is 0. The van der Waals surface area contributed by atoms with Gasteiger partial charge in [0.2, 0.25) is 11.8 Å². The number of aromatic nitrogens is 4. The zero-order valence-electron chi connectivity index (χ0n) is 22.7. The molecule has 12 heteroatoms. The molecule has 0 spiro atoms. The number of hydrogen-bond acceptors (Lipinski definition) is 9. The fraction of sp³-hybridized carbons (Fsp3) is 0.276. The average Bonchev–Trinajstić information content (AvgIpc) is 2.96. The highest BCUT2D eigenvalue weighted by atomic mass is 32.2. The van der Waals surface area contributed by atoms with Crippen LogP contribution in [0.15, 0.2) is 71.9 Å². The van der Waals surface area contributed by atoms with Crippen molar-refractivity contribution in [1.29, 1.82) is 0 Å². The molecule has 4 heterocycles. The van der Waals surface area contributed by atoms with E-state index in [9.17, 15) is 13.2 Å². The third-order valence-electron chi connectivity index (χ3n) is 7.29. The van der Waals surface area contributed by atoms with Gasteiger partial charge in [-0.1, -0.05) is 24.3 Å². The van der Waals surface area contributed by atoms with Crippen LogP contribution in [0.2, 0.25) is 0 Å². The summed E-state index contributed by atoms with van der Waals surface area (Å²) < 4.78 is 35.5. The summed E-state index contributed by atoms with van der Waals surface area (Å²) in [6.45, 7) is 6.17. The molecule has 2 aromatic carbocycles. The summed E-state index contributed by atoms with van der Waals surface area (Å²) in [5.41, 5.74) is 3.65. The lowest BCUT2D eigenvalue weighted by Gasteiger charge is -2.41. The molecule has 2 aliphatic heterocycles. The zero-order valence-corrected chi connectivity index (χ0v) is 23.5. The number of amides is 1. The van der Waals surface area contributed by atoms with Crippen LogP contribution in [0.25, 0.3) is 11.3 Å². The lowest BCUT2D eigenvalue weighted by atomic mass is 10.00. The zero-order chi connectivity index (χ0) is 28.6. The van der Waals surface area contributed by atoms with Crippen molar-refractivity contribution in [3.05, 3.63) is 89.5 Å². The number of nitrogens with one attached hydrogen (secondary N) is 1. The molecule has 1 amide bonds. The molecule has 0 saturated carbocycles. The SMILES string of the molecule is Cc1cccc(C)c1-c1cc2nc(n1)NS(=O)(=O)c1cccc(c1)C(=O)N1CCN(Cc3ncccn3)C[C@@H]1CO2. The Bertz CT molecular complexity index is 1700. The van der Waals surface area contributed by atoms with Gasteiger partial charge in [-0.3, -0.25) is 9.69 Å². The van der Waals surface area contributed by atoms with E-state index < -0.39 is 10.0 Å². The highest BCUT2D eigenvalue weighted by Gasteiger charge is 2.33. The second-order valence-corrected chi connectivity index (χ2v) is 11.9. The molecular weight excluding hydrogens is 542 g/mol. The van der Waals surface area contributed by atoms with E-state index in [4.69, 9.17) is 4.74 Å². The Morgan fingerprint density at radius 2 is 1.73 bits per heavy atom. The monoisotopic (exact) mass is 571 g/mol. The van der Waals surface area contributed by atoms with Gasteiger partial charge in [0.25, 0.3) is 15.9 Å². The third-order valence-corrected chi connectivity index (χ3v) is 8.62. The molecule has 1 N–H and O–H groups in total. The summed E-state index contributed by atoms with van der Waals surface area (Å²) in [7, 11) is -4.10. The lowest BCUT2D eigenvalue weighted by molar-refractivity contribution is 0.0305. The van der Waals surface area contributed by atoms with Gasteiger partial charge in [0.15, 0.2) is 0 Å². The smallest absolute Gasteiger partial charge is 0.264 e. The fourth-order valence-electron chi connectivity index (χ4n) is 5.30. The topological polar surface area (TPSA) is 131 Å². The van der Waals surface area contributed by atoms with Gasteiger partial charge in [0.05, 0.1) is 23.2 Å². The largest absolute Gasteiger partial charge is 0.475 e. The van der Waals surface area contributed by atoms with Gasteiger partial charge in [-0.2, -0.15) is 4.98 Å². The highest BCUT2D eigenvalue weighted by Crippen LogP contribution is 2.30. The molecule has 0 aliphatic carbocycles. The lowest BCUT2D eigenvalue weighted by Crippen LogP contribution is -2.57. The van der Waals surface area contributed by atoms with Crippen molar-refractivity contribution in [1.82, 2.24) is 29.7 Å². The van der Waals surface area contributed by atoms with Crippen LogP contribution in [0.3, 0.4) is 0 Å². The summed E-state index contributed by atoms with van der Waals surface area (Å²) in [6, 6.07) is 15.1. The summed E-state index contributed by atoms with van der Waals surface area (Å²) in [4.78, 5) is 35.2. The van der Waals surface area contributed by atoms with Gasteiger partial charge < -0.3 is 9.64 Å². The molecule has 4 aromatic rings. The fourth-order valence-corrected chi connectivity index (χ4v) is 6.29. The second-order valence-electron chi connectivity index (χ2n) is 10.2. The summed E-state index contributed by atoms with van der Waals surface area (Å²) in [6.07, 6.45) is 3.42. The molecule has 1 saturated heterocycles. The first-order valence-electron chi connectivity index (χ1n) is 13.3. The molecule has 210 valence electrons. The van der Waals surface area contributed by atoms with Crippen LogP contribution in [0.1, 0.15) is 27.3 Å². The van der Waals surface area contributed by atoms with Crippen LogP contribution in [-0.2, 0) is 16.6 Å². The van der Waals surface area contributed by atoms with Crippen LogP contribution in [0, 0.1) is 13.8 Å². The number of hydrogen-bond donors (Lipinski definition) is 1. The van der Waals surface area contributed by atoms with Crippen molar-refractivity contribution < 1.29 is 17.9 Å². The van der Waals surface area contributed by atoms with Gasteiger partial charge in [-0.25, -0.2) is 28.1 Å². The molecule has 1 atom stereocenters. The molecular formula is C29H29N7O4S. The number of nitrogens with zero attached hydrogens (tertiary/aromatic N) is 6. The maximum atomic E-state index is 13.7. The molecule has 0 unspecified atom stereocenters. The van der Waals surface area contributed by atoms with Gasteiger partial charge in [-0.05, 0) is 49.2 Å². The number of fused-ring (bicyclic) bond motifs is 5. The number of sulfonamides is 1. The van der Waals surface area contributed by atoms with Crippen molar-refractivity contribution >= 4 is 21.9 Å². The van der Waals surface area contributed by atoms with Crippen LogP contribution in [-0.4, -0.2) is 76.3 Å². The van der Waals surface area contributed by atoms with Gasteiger partial charge in [0.1, 0.15) is 12.4 Å². The number of piperazine rings is 1. The minimum absolute atomic E-state index is 0.0532. The Hall–Kier alpha value is -4.42. The molecule has 41 heavy (non-hydrogen) atoms. The minimum atomic E-state index is -4.10. The highest BCUT2D eigenvalue weighted by molar-refractivity contribution is 7.92. The molecule has 4 bridgehead atoms. The summed E-state index contributed by atoms with van der Waals surface area (Å²) in [5, 5.41) is 0. The van der Waals surface area contributed by atoms with E-state index in [1.807, 2.05) is 32.0 Å². The molecule has 2 aliphatic rings. The minimum Gasteiger partial charge on any atom is -0.475 e. The Morgan fingerprint density at radius 3 is 2.51 bits per heavy atom. The van der Waals surface area contributed by atoms with Crippen LogP contribution in [0.4, 0.5) is 5.95 Å². The van der Waals surface area contributed by atoms with Gasteiger partial charge in [0, 0.05) is 49.2 Å². The van der Waals surface area contributed by atoms with Crippen molar-refractivity contribution in [3.63, 3.8) is 0 Å². The Labute approximate surface area is 238 Å². The first-order chi connectivity index (χ1) is 19.8. The number of carbonyl (C=O) groups excluding carboxylic acids is 1. The van der Waals surface area contributed by atoms with Crippen LogP contribution >= 0.6 is 0 Å². The molecule has 1 fully saturated rings. The maximum Gasteiger partial charge on any atom is 0.264 e. The quantitative estimate of drug-likeness (QED) is 0.394. The normalized spacial score (nSPS) is 18.6. The van der Waals surface area contributed by atoms with E-state index in [0.717, 1.165) is 16.7 Å². The van der Waals surface area contributed by atoms with Crippen LogP contribution in [0.5, 0.6) is 5.88 Å².